The molecule has 3 aromatic heterocycles. The van der Waals surface area contributed by atoms with E-state index in [1.165, 1.54) is 28.8 Å². The van der Waals surface area contributed by atoms with E-state index in [2.05, 4.69) is 20.4 Å². The van der Waals surface area contributed by atoms with Crippen molar-refractivity contribution in [2.75, 3.05) is 5.32 Å². The van der Waals surface area contributed by atoms with Gasteiger partial charge in [-0.3, -0.25) is 9.59 Å². The fourth-order valence-corrected chi connectivity index (χ4v) is 3.65. The van der Waals surface area contributed by atoms with Crippen LogP contribution in [0.1, 0.15) is 21.6 Å². The van der Waals surface area contributed by atoms with Gasteiger partial charge in [0.05, 0.1) is 11.9 Å². The Balaban J connectivity index is 1.42. The average Bonchev–Trinajstić information content (AvgIpc) is 3.32. The van der Waals surface area contributed by atoms with E-state index < -0.39 is 34.4 Å². The molecule has 186 valence electrons. The van der Waals surface area contributed by atoms with Crippen LogP contribution in [0.25, 0.3) is 11.3 Å². The number of aromatic amines is 1. The minimum Gasteiger partial charge on any atom is -0.435 e. The molecule has 1 amide bonds. The van der Waals surface area contributed by atoms with Gasteiger partial charge < -0.3 is 15.0 Å². The molecule has 3 heterocycles. The van der Waals surface area contributed by atoms with Gasteiger partial charge in [-0.2, -0.15) is 9.61 Å². The Morgan fingerprint density at radius 1 is 1.05 bits per heavy atom. The molecule has 2 N–H and O–H groups in total. The predicted molar refractivity (Wildman–Crippen MR) is 130 cm³/mol. The lowest BCUT2D eigenvalue weighted by Crippen LogP contribution is -2.38. The average molecular weight is 504 g/mol. The second kappa shape index (κ2) is 9.15. The van der Waals surface area contributed by atoms with Gasteiger partial charge in [-0.05, 0) is 50.2 Å². The number of ether oxygens (including phenoxy) is 1. The van der Waals surface area contributed by atoms with Crippen LogP contribution in [0.4, 0.5) is 14.5 Å². The van der Waals surface area contributed by atoms with Crippen molar-refractivity contribution in [1.82, 2.24) is 24.1 Å². The molecule has 12 heteroatoms. The molecule has 5 aromatic rings. The number of rotatable bonds is 5. The van der Waals surface area contributed by atoms with E-state index in [1.807, 2.05) is 0 Å². The first-order valence-corrected chi connectivity index (χ1v) is 10.9. The summed E-state index contributed by atoms with van der Waals surface area (Å²) in [6.07, 6.45) is 2.50. The van der Waals surface area contributed by atoms with Gasteiger partial charge in [0.2, 0.25) is 5.88 Å². The van der Waals surface area contributed by atoms with Gasteiger partial charge in [0.15, 0.2) is 17.2 Å². The van der Waals surface area contributed by atoms with Crippen molar-refractivity contribution in [1.29, 1.82) is 0 Å². The van der Waals surface area contributed by atoms with E-state index in [0.717, 1.165) is 24.4 Å². The second-order valence-corrected chi connectivity index (χ2v) is 8.05. The minimum atomic E-state index is -0.931. The van der Waals surface area contributed by atoms with E-state index in [9.17, 15) is 23.2 Å². The van der Waals surface area contributed by atoms with Crippen LogP contribution in [-0.2, 0) is 0 Å². The molecule has 0 radical (unpaired) electrons. The summed E-state index contributed by atoms with van der Waals surface area (Å²) in [7, 11) is 0. The number of nitrogens with zero attached hydrogens (tertiary/aromatic N) is 4. The summed E-state index contributed by atoms with van der Waals surface area (Å²) in [4.78, 5) is 44.6. The Kier molecular flexibility index (Phi) is 5.84. The maximum atomic E-state index is 14.9. The summed E-state index contributed by atoms with van der Waals surface area (Å²) < 4.78 is 36.1. The summed E-state index contributed by atoms with van der Waals surface area (Å²) in [5, 5.41) is 6.59. The third kappa shape index (κ3) is 4.35. The molecule has 0 fully saturated rings. The number of amides is 1. The number of benzene rings is 2. The summed E-state index contributed by atoms with van der Waals surface area (Å²) in [6, 6.07) is 10.0. The quantitative estimate of drug-likeness (QED) is 0.378. The molecule has 37 heavy (non-hydrogen) atoms. The number of carbonyl (C=O) groups is 1. The summed E-state index contributed by atoms with van der Waals surface area (Å²) in [5.41, 5.74) is -0.136. The molecule has 0 unspecified atom stereocenters. The number of anilines is 1. The Labute approximate surface area is 206 Å². The van der Waals surface area contributed by atoms with Crippen molar-refractivity contribution in [2.45, 2.75) is 13.8 Å². The zero-order chi connectivity index (χ0) is 26.3. The molecule has 0 aliphatic heterocycles. The molecule has 0 aliphatic carbocycles. The maximum absolute atomic E-state index is 14.9. The molecular formula is C25H18F2N6O4. The second-order valence-electron chi connectivity index (χ2n) is 8.05. The Bertz CT molecular complexity index is 1790. The molecule has 0 atom stereocenters. The van der Waals surface area contributed by atoms with E-state index in [4.69, 9.17) is 4.74 Å². The van der Waals surface area contributed by atoms with Crippen LogP contribution in [-0.4, -0.2) is 30.1 Å². The summed E-state index contributed by atoms with van der Waals surface area (Å²) in [5.74, 6) is -2.05. The highest BCUT2D eigenvalue weighted by Crippen LogP contribution is 2.30. The van der Waals surface area contributed by atoms with Gasteiger partial charge in [0.1, 0.15) is 11.4 Å². The van der Waals surface area contributed by atoms with E-state index in [1.54, 1.807) is 26.1 Å². The van der Waals surface area contributed by atoms with Crippen LogP contribution in [0.3, 0.4) is 0 Å². The van der Waals surface area contributed by atoms with E-state index >= 15 is 0 Å². The molecule has 0 bridgehead atoms. The molecule has 0 spiro atoms. The lowest BCUT2D eigenvalue weighted by Gasteiger charge is -2.13. The van der Waals surface area contributed by atoms with Gasteiger partial charge in [-0.1, -0.05) is 0 Å². The monoisotopic (exact) mass is 504 g/mol. The number of fused-ring (bicyclic) bond motifs is 1. The number of halogens is 2. The number of carbonyl (C=O) groups excluding carboxylic acids is 1. The number of hydrogen-bond acceptors (Lipinski definition) is 6. The van der Waals surface area contributed by atoms with Gasteiger partial charge in [-0.15, -0.1) is 0 Å². The van der Waals surface area contributed by atoms with Crippen LogP contribution in [0.5, 0.6) is 11.6 Å². The van der Waals surface area contributed by atoms with Crippen molar-refractivity contribution in [2.24, 2.45) is 0 Å². The van der Waals surface area contributed by atoms with Crippen LogP contribution in [0, 0.1) is 25.5 Å². The van der Waals surface area contributed by atoms with Gasteiger partial charge in [-0.25, -0.2) is 23.1 Å². The first-order valence-electron chi connectivity index (χ1n) is 10.9. The van der Waals surface area contributed by atoms with Crippen molar-refractivity contribution < 1.29 is 18.3 Å². The Morgan fingerprint density at radius 2 is 1.81 bits per heavy atom. The molecular weight excluding hydrogens is 486 g/mol. The van der Waals surface area contributed by atoms with E-state index in [0.29, 0.717) is 21.5 Å². The molecule has 0 saturated carbocycles. The van der Waals surface area contributed by atoms with Crippen LogP contribution in [0.15, 0.2) is 70.5 Å². The first-order chi connectivity index (χ1) is 17.7. The standard InChI is InChI=1S/C25H18F2N6O4/c1-13-14(2)30-21-9-10-29-33(21)24(13)37-20-8-5-16(11-19(20)27)31-22(34)18-12-28-25(36)32(23(18)35)17-6-3-15(26)4-7-17/h3-12H,1-2H3,(H,28,36)(H,31,34). The normalized spacial score (nSPS) is 11.0. The Hall–Kier alpha value is -5.13. The number of aryl methyl sites for hydroxylation is 1. The largest absolute Gasteiger partial charge is 0.435 e. The highest BCUT2D eigenvalue weighted by molar-refractivity contribution is 6.03. The van der Waals surface area contributed by atoms with Crippen molar-refractivity contribution >= 4 is 17.2 Å². The fraction of sp³-hybridized carbons (Fsp3) is 0.0800. The summed E-state index contributed by atoms with van der Waals surface area (Å²) in [6.45, 7) is 3.57. The van der Waals surface area contributed by atoms with Crippen molar-refractivity contribution in [3.8, 4) is 17.3 Å². The van der Waals surface area contributed by atoms with Crippen LogP contribution < -0.4 is 21.3 Å². The third-order valence-electron chi connectivity index (χ3n) is 5.66. The molecule has 2 aromatic carbocycles. The molecule has 5 rings (SSSR count). The van der Waals surface area contributed by atoms with Crippen LogP contribution >= 0.6 is 0 Å². The molecule has 0 saturated heterocycles. The maximum Gasteiger partial charge on any atom is 0.333 e. The minimum absolute atomic E-state index is 0.0423. The van der Waals surface area contributed by atoms with E-state index in [-0.39, 0.29) is 23.0 Å². The fourth-order valence-electron chi connectivity index (χ4n) is 3.65. The highest BCUT2D eigenvalue weighted by Gasteiger charge is 2.18. The van der Waals surface area contributed by atoms with Crippen LogP contribution in [0.2, 0.25) is 0 Å². The highest BCUT2D eigenvalue weighted by atomic mass is 19.1. The van der Waals surface area contributed by atoms with Crippen molar-refractivity contribution in [3.05, 3.63) is 110 Å². The number of nitrogens with one attached hydrogen (secondary N) is 2. The number of H-pyrrole nitrogens is 1. The SMILES string of the molecule is Cc1nc2ccnn2c(Oc2ccc(NC(=O)c3c[nH]c(=O)n(-c4ccc(F)cc4)c3=O)cc2F)c1C. The van der Waals surface area contributed by atoms with Gasteiger partial charge >= 0.3 is 5.69 Å². The smallest absolute Gasteiger partial charge is 0.333 e. The van der Waals surface area contributed by atoms with Gasteiger partial charge in [0.25, 0.3) is 11.5 Å². The lowest BCUT2D eigenvalue weighted by molar-refractivity contribution is 0.102. The molecule has 10 nitrogen and oxygen atoms in total. The lowest BCUT2D eigenvalue weighted by atomic mass is 10.2. The molecule has 0 aliphatic rings. The zero-order valence-electron chi connectivity index (χ0n) is 19.5. The zero-order valence-corrected chi connectivity index (χ0v) is 19.5. The predicted octanol–water partition coefficient (Wildman–Crippen LogP) is 3.51. The topological polar surface area (TPSA) is 123 Å². The van der Waals surface area contributed by atoms with Crippen molar-refractivity contribution in [3.63, 3.8) is 0 Å². The number of aromatic nitrogens is 5. The first kappa shape index (κ1) is 23.6. The third-order valence-corrected chi connectivity index (χ3v) is 5.66. The Morgan fingerprint density at radius 3 is 2.54 bits per heavy atom. The number of hydrogen-bond donors (Lipinski definition) is 2. The van der Waals surface area contributed by atoms with Gasteiger partial charge in [0, 0.05) is 35.3 Å². The summed E-state index contributed by atoms with van der Waals surface area (Å²) >= 11 is 0.